The van der Waals surface area contributed by atoms with Gasteiger partial charge in [0.1, 0.15) is 0 Å². The molecule has 0 fully saturated rings. The van der Waals surface area contributed by atoms with E-state index >= 15 is 0 Å². The maximum Gasteiger partial charge on any atom is 0.305 e. The van der Waals surface area contributed by atoms with E-state index in [0.717, 1.165) is 18.7 Å². The van der Waals surface area contributed by atoms with Crippen LogP contribution >= 0.6 is 0 Å². The zero-order valence-corrected chi connectivity index (χ0v) is 9.05. The molecule has 0 saturated carbocycles. The molecular weight excluding hydrogens is 196 g/mol. The highest BCUT2D eigenvalue weighted by Crippen LogP contribution is 2.08. The fourth-order valence-corrected chi connectivity index (χ4v) is 1.20. The molecule has 0 spiro atoms. The van der Waals surface area contributed by atoms with Gasteiger partial charge in [0.15, 0.2) is 5.82 Å². The molecule has 0 aromatic carbocycles. The van der Waals surface area contributed by atoms with Crippen LogP contribution in [0.2, 0.25) is 0 Å². The van der Waals surface area contributed by atoms with Gasteiger partial charge in [-0.2, -0.15) is 0 Å². The van der Waals surface area contributed by atoms with E-state index in [0.29, 0.717) is 12.5 Å². The Morgan fingerprint density at radius 1 is 1.60 bits per heavy atom. The second-order valence-corrected chi connectivity index (χ2v) is 3.68. The molecule has 1 aromatic heterocycles. The van der Waals surface area contributed by atoms with Gasteiger partial charge in [0.2, 0.25) is 0 Å². The molecule has 0 amide bonds. The highest BCUT2D eigenvalue weighted by atomic mass is 16.4. The van der Waals surface area contributed by atoms with Crippen molar-refractivity contribution in [2.75, 3.05) is 0 Å². The molecule has 6 heteroatoms. The second kappa shape index (κ2) is 5.43. The van der Waals surface area contributed by atoms with E-state index in [2.05, 4.69) is 29.4 Å². The van der Waals surface area contributed by atoms with E-state index in [1.54, 1.807) is 4.68 Å². The second-order valence-electron chi connectivity index (χ2n) is 3.68. The van der Waals surface area contributed by atoms with Crippen molar-refractivity contribution in [2.24, 2.45) is 5.92 Å². The monoisotopic (exact) mass is 212 g/mol. The van der Waals surface area contributed by atoms with Crippen LogP contribution in [0.15, 0.2) is 0 Å². The number of hydrogen-bond donors (Lipinski definition) is 1. The zero-order chi connectivity index (χ0) is 11.3. The quantitative estimate of drug-likeness (QED) is 0.752. The van der Waals surface area contributed by atoms with Gasteiger partial charge in [-0.05, 0) is 16.3 Å². The van der Waals surface area contributed by atoms with Crippen molar-refractivity contribution < 1.29 is 9.90 Å². The topological polar surface area (TPSA) is 80.9 Å². The van der Waals surface area contributed by atoms with Gasteiger partial charge >= 0.3 is 5.97 Å². The normalized spacial score (nSPS) is 12.7. The molecule has 1 aromatic rings. The number of rotatable bonds is 6. The van der Waals surface area contributed by atoms with Gasteiger partial charge in [-0.3, -0.25) is 4.79 Å². The molecule has 1 N–H and O–H groups in total. The molecular formula is C9H16N4O2. The third kappa shape index (κ3) is 3.65. The third-order valence-electron chi connectivity index (χ3n) is 2.37. The molecule has 1 unspecified atom stereocenters. The zero-order valence-electron chi connectivity index (χ0n) is 9.05. The van der Waals surface area contributed by atoms with Crippen LogP contribution in [0, 0.1) is 5.92 Å². The number of carboxylic acids is 1. The average Bonchev–Trinajstić information content (AvgIpc) is 2.62. The van der Waals surface area contributed by atoms with Crippen molar-refractivity contribution >= 4 is 5.97 Å². The lowest BCUT2D eigenvalue weighted by molar-refractivity contribution is -0.137. The highest BCUT2D eigenvalue weighted by molar-refractivity contribution is 5.66. The van der Waals surface area contributed by atoms with Gasteiger partial charge in [0.25, 0.3) is 0 Å². The van der Waals surface area contributed by atoms with Crippen molar-refractivity contribution in [1.82, 2.24) is 20.2 Å². The molecule has 84 valence electrons. The maximum atomic E-state index is 10.4. The van der Waals surface area contributed by atoms with Crippen molar-refractivity contribution in [3.05, 3.63) is 5.82 Å². The molecule has 0 aliphatic heterocycles. The summed E-state index contributed by atoms with van der Waals surface area (Å²) in [6.07, 6.45) is 1.91. The Labute approximate surface area is 88.3 Å². The summed E-state index contributed by atoms with van der Waals surface area (Å²) in [6, 6.07) is 0. The van der Waals surface area contributed by atoms with Crippen LogP contribution in [0.5, 0.6) is 0 Å². The van der Waals surface area contributed by atoms with Gasteiger partial charge in [0.05, 0.1) is 13.0 Å². The Kier molecular flexibility index (Phi) is 4.20. The predicted octanol–water partition coefficient (Wildman–Crippen LogP) is 0.736. The Bertz CT molecular complexity index is 324. The van der Waals surface area contributed by atoms with E-state index in [1.807, 2.05) is 0 Å². The number of aromatic nitrogens is 4. The number of aliphatic carboxylic acids is 1. The van der Waals surface area contributed by atoms with Crippen LogP contribution in [0.25, 0.3) is 0 Å². The molecule has 0 radical (unpaired) electrons. The largest absolute Gasteiger partial charge is 0.481 e. The van der Waals surface area contributed by atoms with Crippen LogP contribution < -0.4 is 0 Å². The fraction of sp³-hybridized carbons (Fsp3) is 0.778. The number of carbonyl (C=O) groups is 1. The lowest BCUT2D eigenvalue weighted by Gasteiger charge is -2.07. The Hall–Kier alpha value is -1.46. The minimum absolute atomic E-state index is 0.0541. The fourth-order valence-electron chi connectivity index (χ4n) is 1.20. The Morgan fingerprint density at radius 2 is 2.33 bits per heavy atom. The number of hydrogen-bond acceptors (Lipinski definition) is 4. The molecule has 0 aliphatic rings. The molecule has 6 nitrogen and oxygen atoms in total. The molecule has 0 bridgehead atoms. The van der Waals surface area contributed by atoms with Crippen molar-refractivity contribution in [3.63, 3.8) is 0 Å². The van der Waals surface area contributed by atoms with Crippen LogP contribution in [-0.2, 0) is 17.8 Å². The first-order chi connectivity index (χ1) is 7.13. The van der Waals surface area contributed by atoms with E-state index in [9.17, 15) is 4.79 Å². The molecule has 1 atom stereocenters. The molecule has 1 heterocycles. The van der Waals surface area contributed by atoms with Crippen molar-refractivity contribution in [3.8, 4) is 0 Å². The van der Waals surface area contributed by atoms with Crippen molar-refractivity contribution in [2.45, 2.75) is 39.7 Å². The highest BCUT2D eigenvalue weighted by Gasteiger charge is 2.10. The first-order valence-corrected chi connectivity index (χ1v) is 5.10. The smallest absolute Gasteiger partial charge is 0.305 e. The standard InChI is InChI=1S/C9H16N4O2/c1-3-7(2)6-8-10-11-12-13(8)5-4-9(14)15/h7H,3-6H2,1-2H3,(H,14,15). The van der Waals surface area contributed by atoms with E-state index in [1.165, 1.54) is 0 Å². The lowest BCUT2D eigenvalue weighted by Crippen LogP contribution is -2.12. The first kappa shape index (κ1) is 11.6. The molecule has 1 rings (SSSR count). The Balaban J connectivity index is 2.56. The summed E-state index contributed by atoms with van der Waals surface area (Å²) in [7, 11) is 0. The van der Waals surface area contributed by atoms with Crippen LogP contribution in [-0.4, -0.2) is 31.3 Å². The SMILES string of the molecule is CCC(C)Cc1nnnn1CCC(=O)O. The first-order valence-electron chi connectivity index (χ1n) is 5.10. The van der Waals surface area contributed by atoms with Gasteiger partial charge < -0.3 is 5.11 Å². The molecule has 0 saturated heterocycles. The molecule has 0 aliphatic carbocycles. The van der Waals surface area contributed by atoms with E-state index in [-0.39, 0.29) is 6.42 Å². The lowest BCUT2D eigenvalue weighted by atomic mass is 10.1. The average molecular weight is 212 g/mol. The minimum atomic E-state index is -0.833. The van der Waals surface area contributed by atoms with Crippen LogP contribution in [0.4, 0.5) is 0 Å². The van der Waals surface area contributed by atoms with Crippen LogP contribution in [0.3, 0.4) is 0 Å². The maximum absolute atomic E-state index is 10.4. The van der Waals surface area contributed by atoms with Gasteiger partial charge in [-0.1, -0.05) is 20.3 Å². The van der Waals surface area contributed by atoms with Crippen LogP contribution in [0.1, 0.15) is 32.5 Å². The van der Waals surface area contributed by atoms with Crippen molar-refractivity contribution in [1.29, 1.82) is 0 Å². The molecule has 15 heavy (non-hydrogen) atoms. The summed E-state index contributed by atoms with van der Waals surface area (Å²) in [5.74, 6) is 0.449. The number of aryl methyl sites for hydroxylation is 1. The van der Waals surface area contributed by atoms with Gasteiger partial charge in [-0.25, -0.2) is 4.68 Å². The van der Waals surface area contributed by atoms with Gasteiger partial charge in [0, 0.05) is 6.42 Å². The number of tetrazole rings is 1. The summed E-state index contributed by atoms with van der Waals surface area (Å²) in [5, 5.41) is 19.8. The third-order valence-corrected chi connectivity index (χ3v) is 2.37. The summed E-state index contributed by atoms with van der Waals surface area (Å²) in [6.45, 7) is 4.57. The minimum Gasteiger partial charge on any atom is -0.481 e. The van der Waals surface area contributed by atoms with E-state index < -0.39 is 5.97 Å². The van der Waals surface area contributed by atoms with E-state index in [4.69, 9.17) is 5.11 Å². The summed E-state index contributed by atoms with van der Waals surface area (Å²) in [5.41, 5.74) is 0. The summed E-state index contributed by atoms with van der Waals surface area (Å²) in [4.78, 5) is 10.4. The number of nitrogens with zero attached hydrogens (tertiary/aromatic N) is 4. The Morgan fingerprint density at radius 3 is 2.93 bits per heavy atom. The predicted molar refractivity (Wildman–Crippen MR) is 53.2 cm³/mol. The van der Waals surface area contributed by atoms with Gasteiger partial charge in [-0.15, -0.1) is 5.10 Å². The number of carboxylic acid groups (broad SMARTS) is 1. The summed E-state index contributed by atoms with van der Waals surface area (Å²) < 4.78 is 1.57. The summed E-state index contributed by atoms with van der Waals surface area (Å²) >= 11 is 0.